The molecular formula is C14H11NO4S2. The van der Waals surface area contributed by atoms with Gasteiger partial charge in [0.2, 0.25) is 0 Å². The van der Waals surface area contributed by atoms with Crippen molar-refractivity contribution in [2.24, 2.45) is 0 Å². The molecule has 0 aliphatic rings. The molecule has 1 aromatic carbocycles. The Hall–Kier alpha value is -2.30. The first-order valence-electron chi connectivity index (χ1n) is 5.76. The number of aromatic carboxylic acids is 1. The largest absolute Gasteiger partial charge is 0.477 e. The van der Waals surface area contributed by atoms with Crippen LogP contribution in [0.4, 0.5) is 5.69 Å². The van der Waals surface area contributed by atoms with Crippen LogP contribution in [0.25, 0.3) is 0 Å². The molecule has 0 saturated heterocycles. The molecule has 0 saturated carbocycles. The lowest BCUT2D eigenvalue weighted by molar-refractivity contribution is 0.0703. The number of carbonyl (C=O) groups is 1. The first kappa shape index (κ1) is 15.1. The number of thiophene rings is 1. The highest BCUT2D eigenvalue weighted by atomic mass is 32.2. The van der Waals surface area contributed by atoms with Gasteiger partial charge < -0.3 is 5.11 Å². The number of nitrogens with one attached hydrogen (secondary N) is 1. The van der Waals surface area contributed by atoms with E-state index in [1.165, 1.54) is 11.4 Å². The zero-order valence-electron chi connectivity index (χ0n) is 11.0. The van der Waals surface area contributed by atoms with Crippen molar-refractivity contribution in [2.45, 2.75) is 11.8 Å². The van der Waals surface area contributed by atoms with E-state index >= 15 is 0 Å². The molecule has 0 spiro atoms. The van der Waals surface area contributed by atoms with Gasteiger partial charge in [-0.05, 0) is 18.6 Å². The van der Waals surface area contributed by atoms with Gasteiger partial charge >= 0.3 is 5.97 Å². The number of aryl methyl sites for hydroxylation is 1. The molecule has 0 fully saturated rings. The summed E-state index contributed by atoms with van der Waals surface area (Å²) in [4.78, 5) is 11.1. The number of carboxylic acid groups (broad SMARTS) is 1. The third-order valence-electron chi connectivity index (χ3n) is 2.76. The standard InChI is InChI=1S/C14H11NO4S2/c1-3-10-8-20-13(14(16)17)12(10)15-21(18,19)11-7-5-4-6-9(11)2/h1,4-8,15H,2H3,(H,16,17). The summed E-state index contributed by atoms with van der Waals surface area (Å²) >= 11 is 0.880. The summed E-state index contributed by atoms with van der Waals surface area (Å²) in [6, 6.07) is 6.41. The van der Waals surface area contributed by atoms with Gasteiger partial charge in [0, 0.05) is 5.38 Å². The van der Waals surface area contributed by atoms with Gasteiger partial charge in [0.25, 0.3) is 10.0 Å². The monoisotopic (exact) mass is 321 g/mol. The van der Waals surface area contributed by atoms with Crippen LogP contribution >= 0.6 is 11.3 Å². The van der Waals surface area contributed by atoms with Crippen molar-refractivity contribution in [3.8, 4) is 12.3 Å². The van der Waals surface area contributed by atoms with E-state index in [1.54, 1.807) is 25.1 Å². The van der Waals surface area contributed by atoms with E-state index in [0.29, 0.717) is 5.56 Å². The van der Waals surface area contributed by atoms with Crippen LogP contribution in [-0.4, -0.2) is 19.5 Å². The maximum absolute atomic E-state index is 12.4. The number of sulfonamides is 1. The fourth-order valence-corrected chi connectivity index (χ4v) is 3.98. The number of carboxylic acids is 1. The molecule has 0 radical (unpaired) electrons. The lowest BCUT2D eigenvalue weighted by Crippen LogP contribution is -2.16. The Labute approximate surface area is 126 Å². The number of benzene rings is 1. The Morgan fingerprint density at radius 3 is 2.62 bits per heavy atom. The second-order valence-electron chi connectivity index (χ2n) is 4.17. The van der Waals surface area contributed by atoms with Gasteiger partial charge in [0.05, 0.1) is 16.1 Å². The highest BCUT2D eigenvalue weighted by Gasteiger charge is 2.23. The lowest BCUT2D eigenvalue weighted by atomic mass is 10.2. The summed E-state index contributed by atoms with van der Waals surface area (Å²) in [6.45, 7) is 1.66. The minimum atomic E-state index is -3.90. The number of hydrogen-bond acceptors (Lipinski definition) is 4. The number of hydrogen-bond donors (Lipinski definition) is 2. The van der Waals surface area contributed by atoms with Crippen LogP contribution < -0.4 is 4.72 Å². The van der Waals surface area contributed by atoms with Crippen LogP contribution in [0.5, 0.6) is 0 Å². The maximum atomic E-state index is 12.4. The molecular weight excluding hydrogens is 310 g/mol. The van der Waals surface area contributed by atoms with E-state index in [9.17, 15) is 13.2 Å². The molecule has 2 rings (SSSR count). The highest BCUT2D eigenvalue weighted by molar-refractivity contribution is 7.92. The summed E-state index contributed by atoms with van der Waals surface area (Å²) in [7, 11) is -3.90. The highest BCUT2D eigenvalue weighted by Crippen LogP contribution is 2.30. The summed E-state index contributed by atoms with van der Waals surface area (Å²) in [5.74, 6) is 1.05. The predicted octanol–water partition coefficient (Wildman–Crippen LogP) is 2.54. The van der Waals surface area contributed by atoms with Gasteiger partial charge in [0.1, 0.15) is 4.88 Å². The van der Waals surface area contributed by atoms with E-state index in [4.69, 9.17) is 11.5 Å². The molecule has 1 aromatic heterocycles. The lowest BCUT2D eigenvalue weighted by Gasteiger charge is -2.10. The summed E-state index contributed by atoms with van der Waals surface area (Å²) < 4.78 is 27.1. The summed E-state index contributed by atoms with van der Waals surface area (Å²) in [5, 5.41) is 10.5. The third-order valence-corrected chi connectivity index (χ3v) is 5.24. The van der Waals surface area contributed by atoms with Crippen molar-refractivity contribution in [1.82, 2.24) is 0 Å². The average molecular weight is 321 g/mol. The molecule has 0 bridgehead atoms. The van der Waals surface area contributed by atoms with Crippen LogP contribution in [0.3, 0.4) is 0 Å². The van der Waals surface area contributed by atoms with E-state index in [1.807, 2.05) is 0 Å². The molecule has 108 valence electrons. The summed E-state index contributed by atoms with van der Waals surface area (Å²) in [5.41, 5.74) is 0.687. The van der Waals surface area contributed by atoms with Gasteiger partial charge in [0.15, 0.2) is 0 Å². The minimum absolute atomic E-state index is 0.0711. The fraction of sp³-hybridized carbons (Fsp3) is 0.0714. The Balaban J connectivity index is 2.52. The smallest absolute Gasteiger partial charge is 0.348 e. The van der Waals surface area contributed by atoms with Crippen LogP contribution in [0.15, 0.2) is 34.5 Å². The van der Waals surface area contributed by atoms with Crippen molar-refractivity contribution in [2.75, 3.05) is 4.72 Å². The van der Waals surface area contributed by atoms with Crippen molar-refractivity contribution >= 4 is 33.0 Å². The Morgan fingerprint density at radius 1 is 1.38 bits per heavy atom. The molecule has 0 aliphatic carbocycles. The van der Waals surface area contributed by atoms with Crippen molar-refractivity contribution in [3.63, 3.8) is 0 Å². The minimum Gasteiger partial charge on any atom is -0.477 e. The number of anilines is 1. The van der Waals surface area contributed by atoms with Gasteiger partial charge in [-0.25, -0.2) is 13.2 Å². The average Bonchev–Trinajstić information content (AvgIpc) is 2.81. The fourth-order valence-electron chi connectivity index (χ4n) is 1.77. The molecule has 5 nitrogen and oxygen atoms in total. The zero-order valence-corrected chi connectivity index (χ0v) is 12.6. The van der Waals surface area contributed by atoms with Crippen molar-refractivity contribution in [1.29, 1.82) is 0 Å². The third kappa shape index (κ3) is 2.91. The maximum Gasteiger partial charge on any atom is 0.348 e. The van der Waals surface area contributed by atoms with E-state index in [2.05, 4.69) is 10.6 Å². The Morgan fingerprint density at radius 2 is 2.05 bits per heavy atom. The molecule has 1 heterocycles. The topological polar surface area (TPSA) is 83.5 Å². The summed E-state index contributed by atoms with van der Waals surface area (Å²) in [6.07, 6.45) is 5.28. The van der Waals surface area contributed by atoms with Crippen molar-refractivity contribution < 1.29 is 18.3 Å². The molecule has 2 N–H and O–H groups in total. The second kappa shape index (κ2) is 5.60. The SMILES string of the molecule is C#Cc1csc(C(=O)O)c1NS(=O)(=O)c1ccccc1C. The predicted molar refractivity (Wildman–Crippen MR) is 81.2 cm³/mol. The number of terminal acetylenes is 1. The molecule has 21 heavy (non-hydrogen) atoms. The van der Waals surface area contributed by atoms with Gasteiger partial charge in [-0.2, -0.15) is 0 Å². The van der Waals surface area contributed by atoms with Crippen LogP contribution in [0.1, 0.15) is 20.8 Å². The molecule has 0 aliphatic heterocycles. The quantitative estimate of drug-likeness (QED) is 0.848. The first-order chi connectivity index (χ1) is 9.86. The van der Waals surface area contributed by atoms with Gasteiger partial charge in [-0.1, -0.05) is 24.1 Å². The normalized spacial score (nSPS) is 10.9. The molecule has 0 unspecified atom stereocenters. The van der Waals surface area contributed by atoms with Crippen LogP contribution in [0, 0.1) is 19.3 Å². The Bertz CT molecular complexity index is 844. The molecule has 7 heteroatoms. The zero-order chi connectivity index (χ0) is 15.6. The van der Waals surface area contributed by atoms with E-state index < -0.39 is 16.0 Å². The van der Waals surface area contributed by atoms with E-state index in [-0.39, 0.29) is 21.0 Å². The first-order valence-corrected chi connectivity index (χ1v) is 8.13. The number of rotatable bonds is 4. The van der Waals surface area contributed by atoms with E-state index in [0.717, 1.165) is 11.3 Å². The van der Waals surface area contributed by atoms with Crippen LogP contribution in [0.2, 0.25) is 0 Å². The second-order valence-corrected chi connectivity index (χ2v) is 6.70. The molecule has 0 amide bonds. The Kier molecular flexibility index (Phi) is 4.02. The van der Waals surface area contributed by atoms with Crippen LogP contribution in [-0.2, 0) is 10.0 Å². The molecule has 2 aromatic rings. The molecule has 0 atom stereocenters. The van der Waals surface area contributed by atoms with Crippen molar-refractivity contribution in [3.05, 3.63) is 45.6 Å². The van der Waals surface area contributed by atoms with Gasteiger partial charge in [-0.15, -0.1) is 17.8 Å². The van der Waals surface area contributed by atoms with Gasteiger partial charge in [-0.3, -0.25) is 4.72 Å².